The van der Waals surface area contributed by atoms with E-state index in [1.54, 1.807) is 30.4 Å². The van der Waals surface area contributed by atoms with E-state index >= 15 is 0 Å². The fourth-order valence-electron chi connectivity index (χ4n) is 2.42. The summed E-state index contributed by atoms with van der Waals surface area (Å²) >= 11 is 5.26. The van der Waals surface area contributed by atoms with Crippen LogP contribution in [0.5, 0.6) is 11.5 Å². The molecule has 140 valence electrons. The molecule has 0 saturated heterocycles. The number of carbonyl (C=O) groups is 1. The minimum atomic E-state index is -4.03. The van der Waals surface area contributed by atoms with Crippen LogP contribution < -0.4 is 9.46 Å². The van der Waals surface area contributed by atoms with Crippen molar-refractivity contribution in [3.05, 3.63) is 54.3 Å². The number of allylic oxidation sites excluding steroid dienone is 4. The molecule has 0 radical (unpaired) electrons. The summed E-state index contributed by atoms with van der Waals surface area (Å²) in [7, 11) is -4.03. The number of rotatable bonds is 5. The maximum atomic E-state index is 12.6. The largest absolute Gasteiger partial charge is 0.502 e. The Bertz CT molecular complexity index is 1060. The molecular formula is C18H15NO6S2. The number of nitrogens with one attached hydrogen (secondary N) is 1. The van der Waals surface area contributed by atoms with Gasteiger partial charge in [0.05, 0.1) is 4.90 Å². The van der Waals surface area contributed by atoms with Gasteiger partial charge in [-0.1, -0.05) is 48.6 Å². The minimum Gasteiger partial charge on any atom is -0.502 e. The minimum absolute atomic E-state index is 0.0217. The lowest BCUT2D eigenvalue weighted by atomic mass is 10.0. The maximum Gasteiger partial charge on any atom is 0.308 e. The highest BCUT2D eigenvalue weighted by Gasteiger charge is 2.29. The number of sulfonamides is 1. The molecule has 0 unspecified atom stereocenters. The molecule has 1 aliphatic carbocycles. The van der Waals surface area contributed by atoms with E-state index in [1.807, 2.05) is 6.08 Å². The van der Waals surface area contributed by atoms with Crippen molar-refractivity contribution in [1.82, 2.24) is 0 Å². The average Bonchev–Trinajstić information content (AvgIpc) is 2.91. The summed E-state index contributed by atoms with van der Waals surface area (Å²) in [6, 6.07) is 7.57. The lowest BCUT2D eigenvalue weighted by Gasteiger charge is -2.08. The van der Waals surface area contributed by atoms with Crippen LogP contribution in [0.2, 0.25) is 0 Å². The van der Waals surface area contributed by atoms with E-state index in [-0.39, 0.29) is 10.7 Å². The van der Waals surface area contributed by atoms with Crippen molar-refractivity contribution < 1.29 is 27.5 Å². The fraction of sp³-hybridized carbons (Fsp3) is 0.111. The molecule has 0 spiro atoms. The zero-order valence-electron chi connectivity index (χ0n) is 14.1. The van der Waals surface area contributed by atoms with Crippen LogP contribution in [-0.4, -0.2) is 24.4 Å². The third kappa shape index (κ3) is 3.93. The van der Waals surface area contributed by atoms with Crippen LogP contribution in [0.3, 0.4) is 0 Å². The molecule has 2 aromatic rings. The maximum absolute atomic E-state index is 12.6. The highest BCUT2D eigenvalue weighted by molar-refractivity contribution is 7.92. The molecule has 1 heterocycles. The van der Waals surface area contributed by atoms with E-state index in [9.17, 15) is 18.3 Å². The summed E-state index contributed by atoms with van der Waals surface area (Å²) in [5.74, 6) is -2.18. The third-order valence-electron chi connectivity index (χ3n) is 3.61. The Morgan fingerprint density at radius 2 is 2.00 bits per heavy atom. The van der Waals surface area contributed by atoms with Gasteiger partial charge in [-0.05, 0) is 12.1 Å². The number of hydrogen-bond donors (Lipinski definition) is 2. The van der Waals surface area contributed by atoms with E-state index in [0.29, 0.717) is 16.9 Å². The molecule has 7 nitrogen and oxygen atoms in total. The number of ether oxygens (including phenoxy) is 1. The molecule has 0 amide bonds. The Labute approximate surface area is 161 Å². The molecule has 1 aromatic carbocycles. The molecular weight excluding hydrogens is 390 g/mol. The molecule has 0 bridgehead atoms. The van der Waals surface area contributed by atoms with Crippen molar-refractivity contribution in [2.24, 2.45) is 0 Å². The second-order valence-electron chi connectivity index (χ2n) is 5.59. The first kappa shape index (κ1) is 18.9. The Balaban J connectivity index is 2.08. The van der Waals surface area contributed by atoms with Crippen LogP contribution in [0.25, 0.3) is 5.57 Å². The zero-order valence-corrected chi connectivity index (χ0v) is 15.8. The van der Waals surface area contributed by atoms with Crippen LogP contribution in [0.1, 0.15) is 19.1 Å². The Hall–Kier alpha value is -2.91. The standard InChI is InChI=1S/C18H15NO6S2/c1-11(20)24-17-15(21)16(13-9-5-6-10-14(13)26)25-18(17)19-27(22,23)12-7-3-2-4-8-12/h2-9,19,21H,10H2,1H3. The number of hydrogen-bond acceptors (Lipinski definition) is 7. The van der Waals surface area contributed by atoms with Gasteiger partial charge in [-0.25, -0.2) is 13.1 Å². The summed E-state index contributed by atoms with van der Waals surface area (Å²) in [6.07, 6.45) is 5.65. The van der Waals surface area contributed by atoms with Gasteiger partial charge < -0.3 is 14.3 Å². The number of thiocarbonyl (C=S) groups is 1. The summed E-state index contributed by atoms with van der Waals surface area (Å²) in [5, 5.41) is 10.5. The van der Waals surface area contributed by atoms with E-state index in [1.165, 1.54) is 12.1 Å². The van der Waals surface area contributed by atoms with Gasteiger partial charge in [0.1, 0.15) is 0 Å². The van der Waals surface area contributed by atoms with E-state index in [2.05, 4.69) is 4.72 Å². The van der Waals surface area contributed by atoms with Crippen molar-refractivity contribution in [2.45, 2.75) is 18.2 Å². The Morgan fingerprint density at radius 1 is 1.30 bits per heavy atom. The average molecular weight is 405 g/mol. The molecule has 9 heteroatoms. The molecule has 0 fully saturated rings. The van der Waals surface area contributed by atoms with Crippen LogP contribution >= 0.6 is 12.2 Å². The van der Waals surface area contributed by atoms with Crippen molar-refractivity contribution in [2.75, 3.05) is 4.72 Å². The Morgan fingerprint density at radius 3 is 2.63 bits per heavy atom. The molecule has 1 aliphatic rings. The molecule has 0 atom stereocenters. The highest BCUT2D eigenvalue weighted by Crippen LogP contribution is 2.45. The zero-order chi connectivity index (χ0) is 19.6. The van der Waals surface area contributed by atoms with Crippen molar-refractivity contribution >= 4 is 44.5 Å². The number of aromatic hydroxyl groups is 1. The van der Waals surface area contributed by atoms with Crippen LogP contribution in [0.15, 0.2) is 57.9 Å². The van der Waals surface area contributed by atoms with Gasteiger partial charge in [0.15, 0.2) is 5.76 Å². The molecule has 0 aliphatic heterocycles. The predicted molar refractivity (Wildman–Crippen MR) is 103 cm³/mol. The third-order valence-corrected chi connectivity index (χ3v) is 5.35. The second kappa shape index (κ2) is 7.37. The van der Waals surface area contributed by atoms with Crippen molar-refractivity contribution in [1.29, 1.82) is 0 Å². The van der Waals surface area contributed by atoms with Crippen LogP contribution in [-0.2, 0) is 14.8 Å². The summed E-state index contributed by atoms with van der Waals surface area (Å²) in [6.45, 7) is 1.12. The number of esters is 1. The van der Waals surface area contributed by atoms with E-state index in [4.69, 9.17) is 21.4 Å². The Kier molecular flexibility index (Phi) is 5.15. The summed E-state index contributed by atoms with van der Waals surface area (Å²) in [4.78, 5) is 11.9. The monoisotopic (exact) mass is 405 g/mol. The van der Waals surface area contributed by atoms with Crippen LogP contribution in [0, 0.1) is 0 Å². The van der Waals surface area contributed by atoms with Crippen molar-refractivity contribution in [3.8, 4) is 11.5 Å². The highest BCUT2D eigenvalue weighted by atomic mass is 32.2. The first-order valence-corrected chi connectivity index (χ1v) is 9.71. The van der Waals surface area contributed by atoms with Crippen LogP contribution in [0.4, 0.5) is 5.88 Å². The smallest absolute Gasteiger partial charge is 0.308 e. The predicted octanol–water partition coefficient (Wildman–Crippen LogP) is 3.42. The first-order chi connectivity index (χ1) is 12.8. The lowest BCUT2D eigenvalue weighted by Crippen LogP contribution is -2.13. The van der Waals surface area contributed by atoms with E-state index in [0.717, 1.165) is 6.92 Å². The quantitative estimate of drug-likeness (QED) is 0.580. The number of carbonyl (C=O) groups excluding carboxylic acids is 1. The molecule has 3 rings (SSSR count). The van der Waals surface area contributed by atoms with Gasteiger partial charge in [0.2, 0.25) is 11.5 Å². The molecule has 0 saturated carbocycles. The van der Waals surface area contributed by atoms with Crippen molar-refractivity contribution in [3.63, 3.8) is 0 Å². The SMILES string of the molecule is CC(=O)Oc1c(NS(=O)(=O)c2ccccc2)oc(C2=CC=CCC2=S)c1O. The topological polar surface area (TPSA) is 106 Å². The first-order valence-electron chi connectivity index (χ1n) is 7.82. The van der Waals surface area contributed by atoms with Gasteiger partial charge in [-0.15, -0.1) is 0 Å². The van der Waals surface area contributed by atoms with Gasteiger partial charge >= 0.3 is 5.97 Å². The fourth-order valence-corrected chi connectivity index (χ4v) is 3.69. The number of benzene rings is 1. The lowest BCUT2D eigenvalue weighted by molar-refractivity contribution is -0.131. The summed E-state index contributed by atoms with van der Waals surface area (Å²) in [5.41, 5.74) is 0.406. The van der Waals surface area contributed by atoms with Gasteiger partial charge in [-0.3, -0.25) is 4.79 Å². The van der Waals surface area contributed by atoms with Gasteiger partial charge in [-0.2, -0.15) is 0 Å². The van der Waals surface area contributed by atoms with Gasteiger partial charge in [0.25, 0.3) is 15.9 Å². The second-order valence-corrected chi connectivity index (χ2v) is 7.76. The molecule has 27 heavy (non-hydrogen) atoms. The van der Waals surface area contributed by atoms with E-state index < -0.39 is 33.4 Å². The summed E-state index contributed by atoms with van der Waals surface area (Å²) < 4.78 is 37.8. The molecule has 1 aromatic heterocycles. The number of furan rings is 1. The number of anilines is 1. The van der Waals surface area contributed by atoms with Gasteiger partial charge in [0, 0.05) is 23.8 Å². The normalized spacial score (nSPS) is 14.0. The molecule has 2 N–H and O–H groups in total.